The van der Waals surface area contributed by atoms with Crippen LogP contribution in [0.2, 0.25) is 0 Å². The standard InChI is InChI=1S/C22H18N4OS/c27-26-19-5-1-3-14-11-16(6-7-17(14)19)25-21-18-8-10-24-13-20(18)28-22(21)15-4-2-9-23-12-15/h2,4,6-13,25,27H,1,3,5H2/b26-19+. The lowest BCUT2D eigenvalue weighted by Crippen LogP contribution is -2.12. The molecule has 0 amide bonds. The van der Waals surface area contributed by atoms with E-state index in [1.807, 2.05) is 42.9 Å². The molecule has 0 unspecified atom stereocenters. The van der Waals surface area contributed by atoms with Crippen molar-refractivity contribution >= 4 is 38.5 Å². The summed E-state index contributed by atoms with van der Waals surface area (Å²) in [6.07, 6.45) is 10.2. The molecule has 0 spiro atoms. The zero-order chi connectivity index (χ0) is 18.9. The third-order valence-electron chi connectivity index (χ3n) is 5.08. The van der Waals surface area contributed by atoms with Gasteiger partial charge in [-0.2, -0.15) is 0 Å². The smallest absolute Gasteiger partial charge is 0.0870 e. The summed E-state index contributed by atoms with van der Waals surface area (Å²) < 4.78 is 1.14. The maximum absolute atomic E-state index is 9.26. The highest BCUT2D eigenvalue weighted by molar-refractivity contribution is 7.23. The first-order valence-electron chi connectivity index (χ1n) is 9.21. The molecule has 5 rings (SSSR count). The SMILES string of the molecule is O/N=C1\CCCc2cc(Nc3c(-c4cccnc4)sc4cnccc34)ccc21. The Morgan fingerprint density at radius 3 is 2.82 bits per heavy atom. The van der Waals surface area contributed by atoms with Gasteiger partial charge in [0.05, 0.1) is 21.0 Å². The van der Waals surface area contributed by atoms with Crippen molar-refractivity contribution in [3.05, 3.63) is 72.3 Å². The molecule has 1 aliphatic carbocycles. The van der Waals surface area contributed by atoms with Crippen LogP contribution in [-0.4, -0.2) is 20.9 Å². The van der Waals surface area contributed by atoms with Crippen molar-refractivity contribution in [1.29, 1.82) is 0 Å². The quantitative estimate of drug-likeness (QED) is 0.354. The van der Waals surface area contributed by atoms with E-state index in [9.17, 15) is 5.21 Å². The van der Waals surface area contributed by atoms with E-state index in [4.69, 9.17) is 0 Å². The molecule has 6 heteroatoms. The minimum absolute atomic E-state index is 0.774. The first-order valence-corrected chi connectivity index (χ1v) is 10.0. The number of anilines is 2. The Labute approximate surface area is 166 Å². The van der Waals surface area contributed by atoms with Crippen molar-refractivity contribution in [2.45, 2.75) is 19.3 Å². The van der Waals surface area contributed by atoms with Gasteiger partial charge in [-0.05, 0) is 49.1 Å². The van der Waals surface area contributed by atoms with E-state index < -0.39 is 0 Å². The van der Waals surface area contributed by atoms with Gasteiger partial charge in [0.25, 0.3) is 0 Å². The fourth-order valence-corrected chi connectivity index (χ4v) is 4.88. The van der Waals surface area contributed by atoms with E-state index in [0.29, 0.717) is 0 Å². The molecule has 1 aliphatic rings. The summed E-state index contributed by atoms with van der Waals surface area (Å²) in [5, 5.41) is 17.5. The average molecular weight is 386 g/mol. The van der Waals surface area contributed by atoms with Gasteiger partial charge < -0.3 is 10.5 Å². The van der Waals surface area contributed by atoms with Crippen molar-refractivity contribution in [2.24, 2.45) is 5.16 Å². The van der Waals surface area contributed by atoms with Crippen molar-refractivity contribution in [2.75, 3.05) is 5.32 Å². The van der Waals surface area contributed by atoms with Gasteiger partial charge in [-0.1, -0.05) is 17.3 Å². The highest BCUT2D eigenvalue weighted by atomic mass is 32.1. The Kier molecular flexibility index (Phi) is 4.25. The Balaban J connectivity index is 1.61. The molecule has 3 heterocycles. The first kappa shape index (κ1) is 16.9. The summed E-state index contributed by atoms with van der Waals surface area (Å²) in [5.74, 6) is 0. The van der Waals surface area contributed by atoms with Crippen LogP contribution in [-0.2, 0) is 6.42 Å². The number of rotatable bonds is 3. The molecule has 138 valence electrons. The molecule has 0 atom stereocenters. The molecule has 4 aromatic rings. The normalized spacial score (nSPS) is 14.9. The van der Waals surface area contributed by atoms with Gasteiger partial charge >= 0.3 is 0 Å². The van der Waals surface area contributed by atoms with Crippen molar-refractivity contribution in [3.8, 4) is 10.4 Å². The Hall–Kier alpha value is -3.25. The van der Waals surface area contributed by atoms with Gasteiger partial charge in [0, 0.05) is 47.0 Å². The monoisotopic (exact) mass is 386 g/mol. The number of pyridine rings is 2. The average Bonchev–Trinajstić information content (AvgIpc) is 3.12. The van der Waals surface area contributed by atoms with E-state index in [1.54, 1.807) is 17.5 Å². The number of hydrogen-bond acceptors (Lipinski definition) is 6. The van der Waals surface area contributed by atoms with E-state index >= 15 is 0 Å². The van der Waals surface area contributed by atoms with Crippen LogP contribution in [0, 0.1) is 0 Å². The van der Waals surface area contributed by atoms with E-state index in [-0.39, 0.29) is 0 Å². The van der Waals surface area contributed by atoms with Crippen molar-refractivity contribution in [3.63, 3.8) is 0 Å². The van der Waals surface area contributed by atoms with Gasteiger partial charge in [-0.15, -0.1) is 11.3 Å². The number of nitrogens with one attached hydrogen (secondary N) is 1. The fourth-order valence-electron chi connectivity index (χ4n) is 3.76. The highest BCUT2D eigenvalue weighted by Crippen LogP contribution is 2.43. The summed E-state index contributed by atoms with van der Waals surface area (Å²) in [6.45, 7) is 0. The number of nitrogens with zero attached hydrogens (tertiary/aromatic N) is 3. The summed E-state index contributed by atoms with van der Waals surface area (Å²) in [6, 6.07) is 12.3. The number of thiophene rings is 1. The third kappa shape index (κ3) is 2.92. The third-order valence-corrected chi connectivity index (χ3v) is 6.27. The molecular weight excluding hydrogens is 368 g/mol. The number of hydrogen-bond donors (Lipinski definition) is 2. The summed E-state index contributed by atoms with van der Waals surface area (Å²) in [4.78, 5) is 9.70. The fraction of sp³-hybridized carbons (Fsp3) is 0.136. The molecular formula is C22H18N4OS. The minimum atomic E-state index is 0.774. The van der Waals surface area contributed by atoms with Crippen molar-refractivity contribution < 1.29 is 5.21 Å². The number of aromatic nitrogens is 2. The summed E-state index contributed by atoms with van der Waals surface area (Å²) >= 11 is 1.71. The van der Waals surface area contributed by atoms with Gasteiger partial charge in [-0.3, -0.25) is 9.97 Å². The second kappa shape index (κ2) is 7.05. The second-order valence-corrected chi connectivity index (χ2v) is 7.87. The molecule has 0 saturated carbocycles. The lowest BCUT2D eigenvalue weighted by molar-refractivity contribution is 0.317. The number of benzene rings is 1. The highest BCUT2D eigenvalue weighted by Gasteiger charge is 2.18. The molecule has 1 aromatic carbocycles. The molecule has 0 aliphatic heterocycles. The van der Waals surface area contributed by atoms with Crippen LogP contribution in [0.25, 0.3) is 20.5 Å². The van der Waals surface area contributed by atoms with Crippen molar-refractivity contribution in [1.82, 2.24) is 9.97 Å². The molecule has 28 heavy (non-hydrogen) atoms. The van der Waals surface area contributed by atoms with E-state index in [1.165, 1.54) is 5.56 Å². The Morgan fingerprint density at radius 1 is 1.04 bits per heavy atom. The molecule has 3 aromatic heterocycles. The van der Waals surface area contributed by atoms with Crippen LogP contribution in [0.15, 0.2) is 66.3 Å². The second-order valence-electron chi connectivity index (χ2n) is 6.82. The van der Waals surface area contributed by atoms with Gasteiger partial charge in [-0.25, -0.2) is 0 Å². The molecule has 2 N–H and O–H groups in total. The molecule has 5 nitrogen and oxygen atoms in total. The predicted molar refractivity (Wildman–Crippen MR) is 114 cm³/mol. The maximum atomic E-state index is 9.26. The Bertz CT molecular complexity index is 1180. The maximum Gasteiger partial charge on any atom is 0.0870 e. The van der Waals surface area contributed by atoms with Gasteiger partial charge in [0.15, 0.2) is 0 Å². The largest absolute Gasteiger partial charge is 0.411 e. The molecule has 0 saturated heterocycles. The zero-order valence-corrected chi connectivity index (χ0v) is 15.9. The summed E-state index contributed by atoms with van der Waals surface area (Å²) in [7, 11) is 0. The molecule has 0 bridgehead atoms. The van der Waals surface area contributed by atoms with Crippen LogP contribution in [0.4, 0.5) is 11.4 Å². The van der Waals surface area contributed by atoms with Gasteiger partial charge in [0.2, 0.25) is 0 Å². The summed E-state index contributed by atoms with van der Waals surface area (Å²) in [5.41, 5.74) is 6.22. The lowest BCUT2D eigenvalue weighted by Gasteiger charge is -2.18. The van der Waals surface area contributed by atoms with Crippen LogP contribution in [0.5, 0.6) is 0 Å². The zero-order valence-electron chi connectivity index (χ0n) is 15.1. The van der Waals surface area contributed by atoms with Crippen LogP contribution in [0.1, 0.15) is 24.0 Å². The number of aryl methyl sites for hydroxylation is 1. The minimum Gasteiger partial charge on any atom is -0.411 e. The first-order chi connectivity index (χ1) is 13.8. The number of oxime groups is 1. The van der Waals surface area contributed by atoms with E-state index in [0.717, 1.165) is 62.4 Å². The van der Waals surface area contributed by atoms with E-state index in [2.05, 4.69) is 32.6 Å². The van der Waals surface area contributed by atoms with Crippen LogP contribution in [0.3, 0.4) is 0 Å². The predicted octanol–water partition coefficient (Wildman–Crippen LogP) is 5.62. The molecule has 0 fully saturated rings. The van der Waals surface area contributed by atoms with Gasteiger partial charge in [0.1, 0.15) is 0 Å². The van der Waals surface area contributed by atoms with Crippen LogP contribution >= 0.6 is 11.3 Å². The topological polar surface area (TPSA) is 70.4 Å². The lowest BCUT2D eigenvalue weighted by atomic mass is 9.90. The molecule has 0 radical (unpaired) electrons. The number of fused-ring (bicyclic) bond motifs is 2. The Morgan fingerprint density at radius 2 is 1.96 bits per heavy atom. The van der Waals surface area contributed by atoms with Crippen LogP contribution < -0.4 is 5.32 Å².